The summed E-state index contributed by atoms with van der Waals surface area (Å²) in [6.45, 7) is 1.90. The molecule has 98 valence electrons. The molecule has 5 heteroatoms. The van der Waals surface area contributed by atoms with Crippen LogP contribution in [0.5, 0.6) is 0 Å². The lowest BCUT2D eigenvalue weighted by Gasteiger charge is -2.10. The van der Waals surface area contributed by atoms with Crippen LogP contribution >= 0.6 is 15.9 Å². The molecule has 1 heterocycles. The van der Waals surface area contributed by atoms with Gasteiger partial charge in [-0.3, -0.25) is 4.79 Å². The lowest BCUT2D eigenvalue weighted by Crippen LogP contribution is -2.15. The second-order valence-electron chi connectivity index (χ2n) is 4.07. The predicted molar refractivity (Wildman–Crippen MR) is 80.6 cm³/mol. The van der Waals surface area contributed by atoms with Crippen LogP contribution < -0.4 is 10.6 Å². The Morgan fingerprint density at radius 2 is 2.05 bits per heavy atom. The molecular formula is C14H14BrN3O. The number of para-hydroxylation sites is 1. The number of aromatic nitrogens is 1. The smallest absolute Gasteiger partial charge is 0.258 e. The number of hydrogen-bond donors (Lipinski definition) is 2. The van der Waals surface area contributed by atoms with Gasteiger partial charge in [-0.15, -0.1) is 0 Å². The normalized spacial score (nSPS) is 10.1. The van der Waals surface area contributed by atoms with E-state index in [9.17, 15) is 4.79 Å². The lowest BCUT2D eigenvalue weighted by atomic mass is 10.1. The highest BCUT2D eigenvalue weighted by molar-refractivity contribution is 9.10. The third kappa shape index (κ3) is 3.12. The van der Waals surface area contributed by atoms with E-state index in [-0.39, 0.29) is 5.91 Å². The van der Waals surface area contributed by atoms with Gasteiger partial charge < -0.3 is 10.6 Å². The molecule has 2 N–H and O–H groups in total. The minimum Gasteiger partial charge on any atom is -0.387 e. The van der Waals surface area contributed by atoms with Crippen LogP contribution in [-0.2, 0) is 0 Å². The van der Waals surface area contributed by atoms with E-state index in [2.05, 4.69) is 31.5 Å². The molecule has 0 aliphatic carbocycles. The molecule has 1 aromatic carbocycles. The van der Waals surface area contributed by atoms with Crippen molar-refractivity contribution in [3.05, 3.63) is 52.1 Å². The average Bonchev–Trinajstić information content (AvgIpc) is 2.41. The van der Waals surface area contributed by atoms with Crippen molar-refractivity contribution < 1.29 is 4.79 Å². The number of anilines is 2. The second kappa shape index (κ2) is 5.84. The summed E-state index contributed by atoms with van der Waals surface area (Å²) in [5.74, 6) is 0.391. The first kappa shape index (κ1) is 13.5. The molecule has 0 saturated carbocycles. The number of amides is 1. The number of hydrogen-bond acceptors (Lipinski definition) is 3. The minimum absolute atomic E-state index is 0.178. The fraction of sp³-hybridized carbons (Fsp3) is 0.143. The number of aryl methyl sites for hydroxylation is 1. The molecule has 0 fully saturated rings. The van der Waals surface area contributed by atoms with E-state index in [0.29, 0.717) is 11.4 Å². The van der Waals surface area contributed by atoms with Gasteiger partial charge in [0.1, 0.15) is 5.82 Å². The van der Waals surface area contributed by atoms with Crippen molar-refractivity contribution in [2.75, 3.05) is 17.7 Å². The summed E-state index contributed by atoms with van der Waals surface area (Å²) < 4.78 is 0.888. The van der Waals surface area contributed by atoms with Gasteiger partial charge in [-0.25, -0.2) is 4.98 Å². The van der Waals surface area contributed by atoms with Crippen LogP contribution in [0.25, 0.3) is 0 Å². The quantitative estimate of drug-likeness (QED) is 0.911. The van der Waals surface area contributed by atoms with Gasteiger partial charge in [0.15, 0.2) is 0 Å². The number of pyridine rings is 1. The van der Waals surface area contributed by atoms with Crippen molar-refractivity contribution >= 4 is 33.3 Å². The average molecular weight is 320 g/mol. The molecule has 0 aliphatic rings. The summed E-state index contributed by atoms with van der Waals surface area (Å²) in [5.41, 5.74) is 2.29. The Labute approximate surface area is 120 Å². The van der Waals surface area contributed by atoms with Gasteiger partial charge in [0.25, 0.3) is 5.91 Å². The molecule has 0 radical (unpaired) electrons. The number of carbonyl (C=O) groups excluding carboxylic acids is 1. The van der Waals surface area contributed by atoms with Crippen molar-refractivity contribution in [3.63, 3.8) is 0 Å². The topological polar surface area (TPSA) is 54.0 Å². The molecule has 2 rings (SSSR count). The first-order valence-electron chi connectivity index (χ1n) is 5.82. The molecular weight excluding hydrogens is 306 g/mol. The van der Waals surface area contributed by atoms with Crippen molar-refractivity contribution in [2.24, 2.45) is 0 Å². The van der Waals surface area contributed by atoms with E-state index in [1.165, 1.54) is 0 Å². The molecule has 1 aromatic heterocycles. The minimum atomic E-state index is -0.178. The van der Waals surface area contributed by atoms with E-state index in [4.69, 9.17) is 0 Å². The van der Waals surface area contributed by atoms with Gasteiger partial charge in [-0.1, -0.05) is 12.1 Å². The highest BCUT2D eigenvalue weighted by Gasteiger charge is 2.12. The van der Waals surface area contributed by atoms with E-state index < -0.39 is 0 Å². The maximum absolute atomic E-state index is 12.2. The van der Waals surface area contributed by atoms with Crippen LogP contribution in [0.4, 0.5) is 11.5 Å². The summed E-state index contributed by atoms with van der Waals surface area (Å²) in [5, 5.41) is 5.81. The van der Waals surface area contributed by atoms with Crippen LogP contribution in [0.3, 0.4) is 0 Å². The van der Waals surface area contributed by atoms with E-state index >= 15 is 0 Å². The maximum atomic E-state index is 12.2. The molecule has 0 aliphatic heterocycles. The Hall–Kier alpha value is -1.88. The van der Waals surface area contributed by atoms with Gasteiger partial charge in [0.05, 0.1) is 5.56 Å². The zero-order valence-corrected chi connectivity index (χ0v) is 12.3. The van der Waals surface area contributed by atoms with Gasteiger partial charge >= 0.3 is 0 Å². The molecule has 1 amide bonds. The Balaban J connectivity index is 2.26. The number of carbonyl (C=O) groups is 1. The van der Waals surface area contributed by atoms with Gasteiger partial charge in [-0.05, 0) is 46.6 Å². The number of rotatable bonds is 3. The molecule has 4 nitrogen and oxygen atoms in total. The van der Waals surface area contributed by atoms with Gasteiger partial charge in [0.2, 0.25) is 0 Å². The first-order valence-corrected chi connectivity index (χ1v) is 6.61. The third-order valence-corrected chi connectivity index (χ3v) is 3.15. The van der Waals surface area contributed by atoms with E-state index in [1.807, 2.05) is 31.2 Å². The van der Waals surface area contributed by atoms with Crippen molar-refractivity contribution in [1.82, 2.24) is 4.98 Å². The third-order valence-electron chi connectivity index (χ3n) is 2.72. The van der Waals surface area contributed by atoms with Crippen molar-refractivity contribution in [3.8, 4) is 0 Å². The number of nitrogens with zero attached hydrogens (tertiary/aromatic N) is 1. The summed E-state index contributed by atoms with van der Waals surface area (Å²) in [6, 6.07) is 9.25. The van der Waals surface area contributed by atoms with E-state index in [1.54, 1.807) is 19.3 Å². The largest absolute Gasteiger partial charge is 0.387 e. The van der Waals surface area contributed by atoms with Crippen LogP contribution in [0, 0.1) is 6.92 Å². The molecule has 0 unspecified atom stereocenters. The van der Waals surface area contributed by atoms with Crippen LogP contribution in [0.15, 0.2) is 41.0 Å². The second-order valence-corrected chi connectivity index (χ2v) is 4.98. The Morgan fingerprint density at radius 1 is 1.32 bits per heavy atom. The zero-order valence-electron chi connectivity index (χ0n) is 10.7. The molecule has 19 heavy (non-hydrogen) atoms. The summed E-state index contributed by atoms with van der Waals surface area (Å²) in [7, 11) is 1.79. The summed E-state index contributed by atoms with van der Waals surface area (Å²) in [4.78, 5) is 16.4. The van der Waals surface area contributed by atoms with Gasteiger partial charge in [-0.2, -0.15) is 0 Å². The SMILES string of the molecule is CNc1ccccc1C(=O)Nc1ncc(Br)cc1C. The molecule has 0 atom stereocenters. The lowest BCUT2D eigenvalue weighted by molar-refractivity contribution is 0.102. The van der Waals surface area contributed by atoms with E-state index in [0.717, 1.165) is 15.7 Å². The Bertz CT molecular complexity index is 613. The predicted octanol–water partition coefficient (Wildman–Crippen LogP) is 3.45. The zero-order chi connectivity index (χ0) is 13.8. The van der Waals surface area contributed by atoms with Crippen LogP contribution in [-0.4, -0.2) is 17.9 Å². The first-order chi connectivity index (χ1) is 9.11. The van der Waals surface area contributed by atoms with Gasteiger partial charge in [0, 0.05) is 23.4 Å². The summed E-state index contributed by atoms with van der Waals surface area (Å²) in [6.07, 6.45) is 1.66. The number of nitrogens with one attached hydrogen (secondary N) is 2. The number of benzene rings is 1. The standard InChI is InChI=1S/C14H14BrN3O/c1-9-7-10(15)8-17-13(9)18-14(19)11-5-3-4-6-12(11)16-2/h3-8,16H,1-2H3,(H,17,18,19). The highest BCUT2D eigenvalue weighted by atomic mass is 79.9. The molecule has 0 bridgehead atoms. The molecule has 0 saturated heterocycles. The highest BCUT2D eigenvalue weighted by Crippen LogP contribution is 2.19. The maximum Gasteiger partial charge on any atom is 0.258 e. The summed E-state index contributed by atoms with van der Waals surface area (Å²) >= 11 is 3.35. The fourth-order valence-corrected chi connectivity index (χ4v) is 2.19. The van der Waals surface area contributed by atoms with Crippen molar-refractivity contribution in [1.29, 1.82) is 0 Å². The molecule has 0 spiro atoms. The fourth-order valence-electron chi connectivity index (χ4n) is 1.75. The Morgan fingerprint density at radius 3 is 2.74 bits per heavy atom. The monoisotopic (exact) mass is 319 g/mol. The van der Waals surface area contributed by atoms with Crippen LogP contribution in [0.1, 0.15) is 15.9 Å². The molecule has 2 aromatic rings. The van der Waals surface area contributed by atoms with Crippen LogP contribution in [0.2, 0.25) is 0 Å². The van der Waals surface area contributed by atoms with Crippen molar-refractivity contribution in [2.45, 2.75) is 6.92 Å². The Kier molecular flexibility index (Phi) is 4.16. The number of halogens is 1.